The minimum atomic E-state index is -1.15. The molecule has 8 heteroatoms. The molecule has 1 saturated carbocycles. The van der Waals surface area contributed by atoms with Crippen molar-refractivity contribution in [1.82, 2.24) is 0 Å². The molecule has 0 spiro atoms. The van der Waals surface area contributed by atoms with Gasteiger partial charge in [0, 0.05) is 12.2 Å². The number of aliphatic carboxylic acids is 2. The number of carboxylic acid groups (broad SMARTS) is 2. The van der Waals surface area contributed by atoms with E-state index in [0.29, 0.717) is 42.4 Å². The number of hydrogen-bond acceptors (Lipinski definition) is 6. The molecule has 1 aromatic rings. The predicted molar refractivity (Wildman–Crippen MR) is 110 cm³/mol. The first-order valence-electron chi connectivity index (χ1n) is 9.84. The molecule has 0 unspecified atom stereocenters. The molecule has 1 aliphatic carbocycles. The van der Waals surface area contributed by atoms with Crippen LogP contribution in [0.25, 0.3) is 11.6 Å². The largest absolute Gasteiger partial charge is 0.478 e. The van der Waals surface area contributed by atoms with Crippen LogP contribution in [0.15, 0.2) is 36.4 Å². The Morgan fingerprint density at radius 3 is 2.30 bits per heavy atom. The van der Waals surface area contributed by atoms with Crippen LogP contribution < -0.4 is 0 Å². The van der Waals surface area contributed by atoms with Gasteiger partial charge in [-0.3, -0.25) is 0 Å². The predicted octanol–water partition coefficient (Wildman–Crippen LogP) is 1.95. The first-order valence-corrected chi connectivity index (χ1v) is 9.84. The molecule has 0 atom stereocenters. The van der Waals surface area contributed by atoms with Crippen molar-refractivity contribution in [3.8, 4) is 0 Å². The zero-order valence-electron chi connectivity index (χ0n) is 16.7. The van der Waals surface area contributed by atoms with Crippen molar-refractivity contribution < 1.29 is 39.5 Å². The van der Waals surface area contributed by atoms with Crippen LogP contribution in [0.2, 0.25) is 0 Å². The van der Waals surface area contributed by atoms with Gasteiger partial charge in [-0.15, -0.1) is 0 Å². The minimum Gasteiger partial charge on any atom is -0.478 e. The Morgan fingerprint density at radius 1 is 1.03 bits per heavy atom. The Hall–Kier alpha value is -2.52. The summed E-state index contributed by atoms with van der Waals surface area (Å²) in [6.07, 6.45) is 5.54. The highest BCUT2D eigenvalue weighted by molar-refractivity contribution is 5.95. The Labute approximate surface area is 175 Å². The SMILES string of the molecule is O=C(O)C=Cc1ccccc1C(=CC(=O)O)C1(OCCO)CCC(OCCO)CC1. The first kappa shape index (κ1) is 23.8. The van der Waals surface area contributed by atoms with E-state index in [1.807, 2.05) is 0 Å². The number of carbonyl (C=O) groups is 2. The van der Waals surface area contributed by atoms with Crippen molar-refractivity contribution in [3.05, 3.63) is 47.5 Å². The van der Waals surface area contributed by atoms with Gasteiger partial charge in [0.1, 0.15) is 0 Å². The molecule has 4 N–H and O–H groups in total. The van der Waals surface area contributed by atoms with E-state index in [1.165, 1.54) is 6.08 Å². The van der Waals surface area contributed by atoms with Crippen LogP contribution in [0.3, 0.4) is 0 Å². The molecule has 164 valence electrons. The van der Waals surface area contributed by atoms with Crippen molar-refractivity contribution in [2.75, 3.05) is 26.4 Å². The quantitative estimate of drug-likeness (QED) is 0.399. The molecular weight excluding hydrogens is 392 g/mol. The average molecular weight is 420 g/mol. The fourth-order valence-electron chi connectivity index (χ4n) is 3.80. The third-order valence-electron chi connectivity index (χ3n) is 5.07. The molecule has 8 nitrogen and oxygen atoms in total. The Balaban J connectivity index is 2.47. The molecule has 0 aliphatic heterocycles. The molecule has 0 aromatic heterocycles. The molecule has 1 aromatic carbocycles. The lowest BCUT2D eigenvalue weighted by molar-refractivity contribution is -0.132. The molecule has 0 bridgehead atoms. The van der Waals surface area contributed by atoms with E-state index < -0.39 is 17.5 Å². The van der Waals surface area contributed by atoms with Crippen molar-refractivity contribution in [3.63, 3.8) is 0 Å². The topological polar surface area (TPSA) is 134 Å². The van der Waals surface area contributed by atoms with Crippen LogP contribution in [0.5, 0.6) is 0 Å². The fraction of sp³-hybridized carbons (Fsp3) is 0.455. The number of benzene rings is 1. The van der Waals surface area contributed by atoms with Gasteiger partial charge in [0.2, 0.25) is 0 Å². The second-order valence-electron chi connectivity index (χ2n) is 7.02. The van der Waals surface area contributed by atoms with Crippen LogP contribution in [-0.4, -0.2) is 70.5 Å². The summed E-state index contributed by atoms with van der Waals surface area (Å²) in [6, 6.07) is 6.93. The molecule has 0 heterocycles. The van der Waals surface area contributed by atoms with E-state index >= 15 is 0 Å². The van der Waals surface area contributed by atoms with E-state index in [0.717, 1.165) is 12.2 Å². The van der Waals surface area contributed by atoms with Crippen molar-refractivity contribution in [2.24, 2.45) is 0 Å². The maximum absolute atomic E-state index is 11.7. The molecule has 2 rings (SSSR count). The summed E-state index contributed by atoms with van der Waals surface area (Å²) < 4.78 is 11.7. The van der Waals surface area contributed by atoms with Gasteiger partial charge < -0.3 is 29.9 Å². The monoisotopic (exact) mass is 420 g/mol. The van der Waals surface area contributed by atoms with Crippen molar-refractivity contribution in [2.45, 2.75) is 37.4 Å². The Kier molecular flexibility index (Phi) is 9.19. The van der Waals surface area contributed by atoms with Gasteiger partial charge >= 0.3 is 11.9 Å². The number of aliphatic hydroxyl groups is 2. The molecule has 0 radical (unpaired) electrons. The Bertz CT molecular complexity index is 775. The van der Waals surface area contributed by atoms with Crippen molar-refractivity contribution in [1.29, 1.82) is 0 Å². The minimum absolute atomic E-state index is 0.0340. The molecular formula is C22H28O8. The fourth-order valence-corrected chi connectivity index (χ4v) is 3.80. The second-order valence-corrected chi connectivity index (χ2v) is 7.02. The van der Waals surface area contributed by atoms with Crippen LogP contribution in [-0.2, 0) is 19.1 Å². The zero-order valence-corrected chi connectivity index (χ0v) is 16.7. The highest BCUT2D eigenvalue weighted by Gasteiger charge is 2.41. The van der Waals surface area contributed by atoms with Gasteiger partial charge in [0.25, 0.3) is 0 Å². The van der Waals surface area contributed by atoms with E-state index in [9.17, 15) is 19.8 Å². The average Bonchev–Trinajstić information content (AvgIpc) is 2.74. The summed E-state index contributed by atoms with van der Waals surface area (Å²) in [7, 11) is 0. The standard InChI is InChI=1S/C22H28O8/c23-11-13-29-17-7-9-22(10-8-17,30-14-12-24)19(15-21(27)28)18-4-2-1-3-16(18)5-6-20(25)26/h1-6,15,17,23-24H,7-14H2,(H,25,26)(H,27,28). The first-order chi connectivity index (χ1) is 14.4. The zero-order chi connectivity index (χ0) is 22.0. The lowest BCUT2D eigenvalue weighted by Crippen LogP contribution is -2.41. The summed E-state index contributed by atoms with van der Waals surface area (Å²) in [6.45, 7) is -0.0225. The number of carboxylic acids is 2. The van der Waals surface area contributed by atoms with E-state index in [4.69, 9.17) is 19.7 Å². The van der Waals surface area contributed by atoms with Crippen LogP contribution in [0.1, 0.15) is 36.8 Å². The maximum Gasteiger partial charge on any atom is 0.328 e. The molecule has 30 heavy (non-hydrogen) atoms. The number of rotatable bonds is 11. The lowest BCUT2D eigenvalue weighted by atomic mass is 9.74. The molecule has 0 saturated heterocycles. The Morgan fingerprint density at radius 2 is 1.70 bits per heavy atom. The number of hydrogen-bond donors (Lipinski definition) is 4. The summed E-state index contributed by atoms with van der Waals surface area (Å²) >= 11 is 0. The number of aliphatic hydroxyl groups excluding tert-OH is 2. The van der Waals surface area contributed by atoms with Crippen molar-refractivity contribution >= 4 is 23.6 Å². The van der Waals surface area contributed by atoms with Crippen LogP contribution in [0, 0.1) is 0 Å². The third kappa shape index (κ3) is 6.50. The van der Waals surface area contributed by atoms with E-state index in [2.05, 4.69) is 0 Å². The lowest BCUT2D eigenvalue weighted by Gasteiger charge is -2.42. The highest BCUT2D eigenvalue weighted by atomic mass is 16.5. The summed E-state index contributed by atoms with van der Waals surface area (Å²) in [5.41, 5.74) is 0.575. The van der Waals surface area contributed by atoms with Gasteiger partial charge in [-0.25, -0.2) is 9.59 Å². The van der Waals surface area contributed by atoms with E-state index in [-0.39, 0.29) is 32.5 Å². The maximum atomic E-state index is 11.7. The molecule has 1 aliphatic rings. The van der Waals surface area contributed by atoms with Gasteiger partial charge in [-0.05, 0) is 48.5 Å². The van der Waals surface area contributed by atoms with E-state index in [1.54, 1.807) is 24.3 Å². The molecule has 0 amide bonds. The summed E-state index contributed by atoms with van der Waals surface area (Å²) in [4.78, 5) is 22.7. The second kappa shape index (κ2) is 11.6. The summed E-state index contributed by atoms with van der Waals surface area (Å²) in [5.74, 6) is -2.26. The van der Waals surface area contributed by atoms with Crippen LogP contribution in [0.4, 0.5) is 0 Å². The smallest absolute Gasteiger partial charge is 0.328 e. The van der Waals surface area contributed by atoms with Gasteiger partial charge in [-0.2, -0.15) is 0 Å². The molecule has 1 fully saturated rings. The number of ether oxygens (including phenoxy) is 2. The van der Waals surface area contributed by atoms with Gasteiger partial charge in [-0.1, -0.05) is 24.3 Å². The summed E-state index contributed by atoms with van der Waals surface area (Å²) in [5, 5.41) is 36.8. The van der Waals surface area contributed by atoms with Gasteiger partial charge in [0.05, 0.1) is 38.1 Å². The normalized spacial score (nSPS) is 22.3. The highest BCUT2D eigenvalue weighted by Crippen LogP contribution is 2.44. The van der Waals surface area contributed by atoms with Gasteiger partial charge in [0.15, 0.2) is 0 Å². The van der Waals surface area contributed by atoms with Crippen LogP contribution >= 0.6 is 0 Å². The third-order valence-corrected chi connectivity index (χ3v) is 5.07.